The molecule has 2 aliphatic rings. The van der Waals surface area contributed by atoms with Crippen molar-refractivity contribution in [1.29, 1.82) is 0 Å². The Labute approximate surface area is 142 Å². The van der Waals surface area contributed by atoms with Crippen molar-refractivity contribution in [1.82, 2.24) is 15.0 Å². The molecule has 1 aromatic carbocycles. The molecule has 0 spiro atoms. The minimum atomic E-state index is 0.158. The van der Waals surface area contributed by atoms with Crippen molar-refractivity contribution in [3.8, 4) is 11.5 Å². The van der Waals surface area contributed by atoms with Crippen molar-refractivity contribution in [3.05, 3.63) is 35.7 Å². The first-order chi connectivity index (χ1) is 11.6. The zero-order valence-electron chi connectivity index (χ0n) is 14.2. The van der Waals surface area contributed by atoms with Gasteiger partial charge in [-0.3, -0.25) is 4.79 Å². The average Bonchev–Trinajstić information content (AvgIpc) is 3.17. The van der Waals surface area contributed by atoms with Gasteiger partial charge in [0, 0.05) is 23.2 Å². The van der Waals surface area contributed by atoms with Crippen LogP contribution in [-0.4, -0.2) is 33.0 Å². The van der Waals surface area contributed by atoms with E-state index in [2.05, 4.69) is 22.0 Å². The lowest BCUT2D eigenvalue weighted by atomic mass is 9.85. The first-order valence-electron chi connectivity index (χ1n) is 8.87. The number of likely N-dealkylation sites (tertiary alicyclic amines) is 1. The van der Waals surface area contributed by atoms with Crippen LogP contribution in [0, 0.1) is 12.8 Å². The second-order valence-electron chi connectivity index (χ2n) is 7.13. The number of aromatic nitrogens is 2. The Bertz CT molecular complexity index is 737. The zero-order valence-corrected chi connectivity index (χ0v) is 14.2. The first-order valence-corrected chi connectivity index (χ1v) is 8.87. The van der Waals surface area contributed by atoms with Crippen molar-refractivity contribution in [2.75, 3.05) is 0 Å². The number of hydrogen-bond acceptors (Lipinski definition) is 4. The van der Waals surface area contributed by atoms with Gasteiger partial charge in [-0.2, -0.15) is 4.98 Å². The lowest BCUT2D eigenvalue weighted by molar-refractivity contribution is 0.0633. The molecule has 0 radical (unpaired) electrons. The van der Waals surface area contributed by atoms with E-state index in [4.69, 9.17) is 4.52 Å². The quantitative estimate of drug-likeness (QED) is 0.842. The lowest BCUT2D eigenvalue weighted by Gasteiger charge is -2.33. The van der Waals surface area contributed by atoms with E-state index in [1.165, 1.54) is 19.3 Å². The van der Waals surface area contributed by atoms with Gasteiger partial charge < -0.3 is 9.42 Å². The van der Waals surface area contributed by atoms with Gasteiger partial charge in [0.2, 0.25) is 0 Å². The first kappa shape index (κ1) is 15.4. The summed E-state index contributed by atoms with van der Waals surface area (Å²) in [6.45, 7) is 3.98. The SMILES string of the molecule is Cc1noc(-c2ccc(C(=O)N3[C@H](C)C[C@H]4CCCC[C@H]43)cc2)n1. The van der Waals surface area contributed by atoms with E-state index in [1.54, 1.807) is 6.92 Å². The molecule has 0 bridgehead atoms. The van der Waals surface area contributed by atoms with Gasteiger partial charge in [0.15, 0.2) is 5.82 Å². The maximum Gasteiger partial charge on any atom is 0.257 e. The van der Waals surface area contributed by atoms with Crippen LogP contribution in [0.5, 0.6) is 0 Å². The Kier molecular flexibility index (Phi) is 3.87. The number of hydrogen-bond donors (Lipinski definition) is 0. The van der Waals surface area contributed by atoms with Crippen molar-refractivity contribution in [2.24, 2.45) is 5.92 Å². The summed E-state index contributed by atoms with van der Waals surface area (Å²) in [6.07, 6.45) is 6.13. The van der Waals surface area contributed by atoms with Gasteiger partial charge >= 0.3 is 0 Å². The van der Waals surface area contributed by atoms with Crippen LogP contribution >= 0.6 is 0 Å². The molecule has 1 aliphatic carbocycles. The maximum atomic E-state index is 13.0. The van der Waals surface area contributed by atoms with E-state index in [1.807, 2.05) is 24.3 Å². The summed E-state index contributed by atoms with van der Waals surface area (Å²) < 4.78 is 5.18. The Morgan fingerprint density at radius 3 is 2.67 bits per heavy atom. The van der Waals surface area contributed by atoms with E-state index >= 15 is 0 Å². The summed E-state index contributed by atoms with van der Waals surface area (Å²) >= 11 is 0. The number of carbonyl (C=O) groups is 1. The maximum absolute atomic E-state index is 13.0. The van der Waals surface area contributed by atoms with Crippen LogP contribution in [0.15, 0.2) is 28.8 Å². The molecule has 3 atom stereocenters. The van der Waals surface area contributed by atoms with Gasteiger partial charge in [-0.05, 0) is 63.3 Å². The van der Waals surface area contributed by atoms with E-state index in [9.17, 15) is 4.79 Å². The number of rotatable bonds is 2. The van der Waals surface area contributed by atoms with E-state index in [0.29, 0.717) is 29.7 Å². The molecule has 126 valence electrons. The van der Waals surface area contributed by atoms with Gasteiger partial charge in [0.25, 0.3) is 11.8 Å². The van der Waals surface area contributed by atoms with Gasteiger partial charge in [0.1, 0.15) is 0 Å². The molecule has 5 nitrogen and oxygen atoms in total. The topological polar surface area (TPSA) is 59.2 Å². The molecule has 1 saturated carbocycles. The van der Waals surface area contributed by atoms with Crippen LogP contribution in [0.25, 0.3) is 11.5 Å². The van der Waals surface area contributed by atoms with Crippen LogP contribution in [0.2, 0.25) is 0 Å². The Morgan fingerprint density at radius 2 is 1.96 bits per heavy atom. The third-order valence-electron chi connectivity index (χ3n) is 5.49. The normalized spacial score (nSPS) is 26.4. The molecular weight excluding hydrogens is 302 g/mol. The van der Waals surface area contributed by atoms with E-state index < -0.39 is 0 Å². The largest absolute Gasteiger partial charge is 0.334 e. The van der Waals surface area contributed by atoms with Crippen LogP contribution in [0.3, 0.4) is 0 Å². The molecule has 2 fully saturated rings. The lowest BCUT2D eigenvalue weighted by Crippen LogP contribution is -2.42. The van der Waals surface area contributed by atoms with Crippen LogP contribution in [-0.2, 0) is 0 Å². The highest BCUT2D eigenvalue weighted by atomic mass is 16.5. The van der Waals surface area contributed by atoms with Gasteiger partial charge in [0.05, 0.1) is 0 Å². The third-order valence-corrected chi connectivity index (χ3v) is 5.49. The molecule has 2 aromatic rings. The number of nitrogens with zero attached hydrogens (tertiary/aromatic N) is 3. The monoisotopic (exact) mass is 325 g/mol. The zero-order chi connectivity index (χ0) is 16.7. The fourth-order valence-electron chi connectivity index (χ4n) is 4.38. The van der Waals surface area contributed by atoms with Gasteiger partial charge in [-0.1, -0.05) is 18.0 Å². The summed E-state index contributed by atoms with van der Waals surface area (Å²) in [5, 5.41) is 3.81. The second-order valence-corrected chi connectivity index (χ2v) is 7.13. The summed E-state index contributed by atoms with van der Waals surface area (Å²) in [7, 11) is 0. The highest BCUT2D eigenvalue weighted by Gasteiger charge is 2.42. The molecular formula is C19H23N3O2. The highest BCUT2D eigenvalue weighted by Crippen LogP contribution is 2.40. The Morgan fingerprint density at radius 1 is 1.21 bits per heavy atom. The van der Waals surface area contributed by atoms with Crippen molar-refractivity contribution >= 4 is 5.91 Å². The van der Waals surface area contributed by atoms with Crippen molar-refractivity contribution < 1.29 is 9.32 Å². The Hall–Kier alpha value is -2.17. The van der Waals surface area contributed by atoms with E-state index in [0.717, 1.165) is 24.0 Å². The van der Waals surface area contributed by atoms with Crippen molar-refractivity contribution in [2.45, 2.75) is 58.0 Å². The standard InChI is InChI=1S/C19H23N3O2/c1-12-11-16-5-3-4-6-17(16)22(12)19(23)15-9-7-14(8-10-15)18-20-13(2)21-24-18/h7-10,12,16-17H,3-6,11H2,1-2H3/t12-,16-,17-/m1/s1. The molecule has 4 rings (SSSR count). The van der Waals surface area contributed by atoms with Gasteiger partial charge in [-0.25, -0.2) is 0 Å². The predicted molar refractivity (Wildman–Crippen MR) is 90.5 cm³/mol. The van der Waals surface area contributed by atoms with Gasteiger partial charge in [-0.15, -0.1) is 0 Å². The summed E-state index contributed by atoms with van der Waals surface area (Å²) in [5.74, 6) is 1.95. The van der Waals surface area contributed by atoms with Crippen molar-refractivity contribution in [3.63, 3.8) is 0 Å². The second kappa shape index (κ2) is 6.04. The minimum Gasteiger partial charge on any atom is -0.334 e. The fraction of sp³-hybridized carbons (Fsp3) is 0.526. The molecule has 0 unspecified atom stereocenters. The molecule has 24 heavy (non-hydrogen) atoms. The number of carbonyl (C=O) groups excluding carboxylic acids is 1. The minimum absolute atomic E-state index is 0.158. The molecule has 2 heterocycles. The summed E-state index contributed by atoms with van der Waals surface area (Å²) in [4.78, 5) is 19.4. The van der Waals surface area contributed by atoms with Crippen LogP contribution < -0.4 is 0 Å². The fourth-order valence-corrected chi connectivity index (χ4v) is 4.38. The molecule has 1 saturated heterocycles. The van der Waals surface area contributed by atoms with Crippen LogP contribution in [0.4, 0.5) is 0 Å². The highest BCUT2D eigenvalue weighted by molar-refractivity contribution is 5.95. The van der Waals surface area contributed by atoms with Crippen LogP contribution in [0.1, 0.15) is 55.2 Å². The molecule has 0 N–H and O–H groups in total. The smallest absolute Gasteiger partial charge is 0.257 e. The Balaban J connectivity index is 1.56. The summed E-state index contributed by atoms with van der Waals surface area (Å²) in [5.41, 5.74) is 1.59. The number of fused-ring (bicyclic) bond motifs is 1. The molecule has 1 amide bonds. The predicted octanol–water partition coefficient (Wildman–Crippen LogP) is 3.84. The number of benzene rings is 1. The number of aryl methyl sites for hydroxylation is 1. The average molecular weight is 325 g/mol. The number of amides is 1. The summed E-state index contributed by atoms with van der Waals surface area (Å²) in [6, 6.07) is 8.29. The molecule has 1 aliphatic heterocycles. The molecule has 1 aromatic heterocycles. The third kappa shape index (κ3) is 2.62. The molecule has 5 heteroatoms. The van der Waals surface area contributed by atoms with E-state index in [-0.39, 0.29) is 5.91 Å².